The second-order valence-corrected chi connectivity index (χ2v) is 9.00. The summed E-state index contributed by atoms with van der Waals surface area (Å²) in [7, 11) is -2.22. The fourth-order valence-electron chi connectivity index (χ4n) is 2.54. The van der Waals surface area contributed by atoms with E-state index in [1.807, 2.05) is 18.2 Å². The van der Waals surface area contributed by atoms with E-state index in [0.29, 0.717) is 26.6 Å². The topological polar surface area (TPSA) is 77.0 Å². The molecule has 3 rings (SSSR count). The van der Waals surface area contributed by atoms with Crippen LogP contribution in [0.3, 0.4) is 0 Å². The molecule has 1 N–H and O–H groups in total. The van der Waals surface area contributed by atoms with Crippen LogP contribution in [-0.2, 0) is 16.6 Å². The Bertz CT molecular complexity index is 1150. The molecule has 3 aromatic carbocycles. The maximum atomic E-state index is 12.2. The lowest BCUT2D eigenvalue weighted by Gasteiger charge is -2.14. The lowest BCUT2D eigenvalue weighted by Crippen LogP contribution is -2.18. The fraction of sp³-hybridized carbons (Fsp3) is 0.0952. The fourth-order valence-corrected chi connectivity index (χ4v) is 4.12. The SMILES string of the molecule is COc1cc(/C=N/NS(=O)(=O)c2ccccc2)cc(Br)c1OCc1ccccc1Cl. The molecule has 9 heteroatoms. The Morgan fingerprint density at radius 3 is 2.50 bits per heavy atom. The molecule has 0 aliphatic rings. The van der Waals surface area contributed by atoms with Crippen molar-refractivity contribution < 1.29 is 17.9 Å². The predicted octanol–water partition coefficient (Wildman–Crippen LogP) is 5.00. The standard InChI is InChI=1S/C21H18BrClN2O4S/c1-28-20-12-15(13-24-25-30(26,27)17-8-3-2-4-9-17)11-18(22)21(20)29-14-16-7-5-6-10-19(16)23/h2-13,25H,14H2,1H3/b24-13+. The van der Waals surface area contributed by atoms with Gasteiger partial charge < -0.3 is 9.47 Å². The quantitative estimate of drug-likeness (QED) is 0.342. The zero-order chi connectivity index (χ0) is 21.6. The number of hydrogen-bond donors (Lipinski definition) is 1. The average Bonchev–Trinajstić information content (AvgIpc) is 2.74. The minimum absolute atomic E-state index is 0.129. The first-order valence-corrected chi connectivity index (χ1v) is 11.4. The molecule has 0 fully saturated rings. The maximum Gasteiger partial charge on any atom is 0.276 e. The van der Waals surface area contributed by atoms with Gasteiger partial charge in [-0.15, -0.1) is 0 Å². The number of hydrogen-bond acceptors (Lipinski definition) is 5. The van der Waals surface area contributed by atoms with Crippen molar-refractivity contribution in [1.82, 2.24) is 4.83 Å². The van der Waals surface area contributed by atoms with Gasteiger partial charge in [0.25, 0.3) is 10.0 Å². The van der Waals surface area contributed by atoms with Gasteiger partial charge >= 0.3 is 0 Å². The van der Waals surface area contributed by atoms with Gasteiger partial charge in [0.1, 0.15) is 6.61 Å². The van der Waals surface area contributed by atoms with Gasteiger partial charge in [-0.3, -0.25) is 0 Å². The maximum absolute atomic E-state index is 12.2. The van der Waals surface area contributed by atoms with E-state index in [0.717, 1.165) is 5.56 Å². The first-order chi connectivity index (χ1) is 14.4. The number of nitrogens with zero attached hydrogens (tertiary/aromatic N) is 1. The summed E-state index contributed by atoms with van der Waals surface area (Å²) in [6.07, 6.45) is 1.38. The number of benzene rings is 3. The number of nitrogens with one attached hydrogen (secondary N) is 1. The summed E-state index contributed by atoms with van der Waals surface area (Å²) < 4.78 is 36.4. The number of rotatable bonds is 8. The highest BCUT2D eigenvalue weighted by Crippen LogP contribution is 2.37. The number of methoxy groups -OCH3 is 1. The third-order valence-electron chi connectivity index (χ3n) is 4.02. The first kappa shape index (κ1) is 22.1. The van der Waals surface area contributed by atoms with Crippen LogP contribution in [0.25, 0.3) is 0 Å². The van der Waals surface area contributed by atoms with Gasteiger partial charge in [0.2, 0.25) is 0 Å². The highest BCUT2D eigenvalue weighted by atomic mass is 79.9. The molecule has 0 unspecified atom stereocenters. The van der Waals surface area contributed by atoms with Crippen molar-refractivity contribution in [3.05, 3.63) is 87.4 Å². The lowest BCUT2D eigenvalue weighted by molar-refractivity contribution is 0.282. The number of hydrazone groups is 1. The molecular formula is C21H18BrClN2O4S. The first-order valence-electron chi connectivity index (χ1n) is 8.74. The van der Waals surface area contributed by atoms with Crippen LogP contribution < -0.4 is 14.3 Å². The van der Waals surface area contributed by atoms with Crippen LogP contribution >= 0.6 is 27.5 Å². The molecular weight excluding hydrogens is 492 g/mol. The highest BCUT2D eigenvalue weighted by Gasteiger charge is 2.14. The van der Waals surface area contributed by atoms with Crippen LogP contribution in [0.5, 0.6) is 11.5 Å². The van der Waals surface area contributed by atoms with Gasteiger partial charge in [-0.1, -0.05) is 48.0 Å². The molecule has 0 saturated carbocycles. The zero-order valence-corrected chi connectivity index (χ0v) is 19.0. The van der Waals surface area contributed by atoms with Crippen LogP contribution in [0.1, 0.15) is 11.1 Å². The number of ether oxygens (including phenoxy) is 2. The van der Waals surface area contributed by atoms with Crippen molar-refractivity contribution in [2.24, 2.45) is 5.10 Å². The molecule has 30 heavy (non-hydrogen) atoms. The number of halogens is 2. The molecule has 0 spiro atoms. The summed E-state index contributed by atoms with van der Waals surface area (Å²) in [5.41, 5.74) is 1.45. The highest BCUT2D eigenvalue weighted by molar-refractivity contribution is 9.10. The zero-order valence-electron chi connectivity index (χ0n) is 15.9. The van der Waals surface area contributed by atoms with E-state index in [1.54, 1.807) is 36.4 Å². The Labute approximate surface area is 188 Å². The monoisotopic (exact) mass is 508 g/mol. The van der Waals surface area contributed by atoms with Crippen molar-refractivity contribution in [3.63, 3.8) is 0 Å². The summed E-state index contributed by atoms with van der Waals surface area (Å²) in [6, 6.07) is 18.8. The van der Waals surface area contributed by atoms with Crippen LogP contribution in [0.15, 0.2) is 81.2 Å². The van der Waals surface area contributed by atoms with E-state index in [1.165, 1.54) is 25.5 Å². The van der Waals surface area contributed by atoms with Gasteiger partial charge in [0, 0.05) is 10.6 Å². The normalized spacial score (nSPS) is 11.4. The van der Waals surface area contributed by atoms with Crippen molar-refractivity contribution >= 4 is 43.8 Å². The van der Waals surface area contributed by atoms with E-state index >= 15 is 0 Å². The van der Waals surface area contributed by atoms with Crippen LogP contribution in [0, 0.1) is 0 Å². The van der Waals surface area contributed by atoms with Gasteiger partial charge in [-0.2, -0.15) is 13.5 Å². The van der Waals surface area contributed by atoms with Gasteiger partial charge in [-0.05, 0) is 51.8 Å². The Morgan fingerprint density at radius 1 is 1.10 bits per heavy atom. The van der Waals surface area contributed by atoms with Crippen molar-refractivity contribution in [2.75, 3.05) is 7.11 Å². The molecule has 0 bridgehead atoms. The second kappa shape index (κ2) is 9.97. The summed E-state index contributed by atoms with van der Waals surface area (Å²) in [5.74, 6) is 0.961. The van der Waals surface area contributed by atoms with Crippen molar-refractivity contribution in [2.45, 2.75) is 11.5 Å². The van der Waals surface area contributed by atoms with Crippen molar-refractivity contribution in [3.8, 4) is 11.5 Å². The van der Waals surface area contributed by atoms with Gasteiger partial charge in [0.15, 0.2) is 11.5 Å². The van der Waals surface area contributed by atoms with Gasteiger partial charge in [0.05, 0.1) is 22.7 Å². The van der Waals surface area contributed by atoms with Crippen LogP contribution in [0.2, 0.25) is 5.02 Å². The van der Waals surface area contributed by atoms with Crippen LogP contribution in [-0.4, -0.2) is 21.7 Å². The minimum Gasteiger partial charge on any atom is -0.493 e. The Morgan fingerprint density at radius 2 is 1.80 bits per heavy atom. The third kappa shape index (κ3) is 5.53. The Kier molecular flexibility index (Phi) is 7.36. The van der Waals surface area contributed by atoms with E-state index < -0.39 is 10.0 Å². The largest absolute Gasteiger partial charge is 0.493 e. The minimum atomic E-state index is -3.74. The molecule has 0 aliphatic heterocycles. The molecule has 0 atom stereocenters. The summed E-state index contributed by atoms with van der Waals surface area (Å²) in [4.78, 5) is 2.32. The number of sulfonamides is 1. The lowest BCUT2D eigenvalue weighted by atomic mass is 10.2. The molecule has 0 saturated heterocycles. The molecule has 0 aromatic heterocycles. The second-order valence-electron chi connectivity index (χ2n) is 6.08. The molecule has 156 valence electrons. The summed E-state index contributed by atoms with van der Waals surface area (Å²) in [5, 5.41) is 4.46. The van der Waals surface area contributed by atoms with Crippen molar-refractivity contribution in [1.29, 1.82) is 0 Å². The van der Waals surface area contributed by atoms with E-state index in [9.17, 15) is 8.42 Å². The average molecular weight is 510 g/mol. The third-order valence-corrected chi connectivity index (χ3v) is 6.22. The summed E-state index contributed by atoms with van der Waals surface area (Å²) in [6.45, 7) is 0.263. The van der Waals surface area contributed by atoms with E-state index in [-0.39, 0.29) is 11.5 Å². The van der Waals surface area contributed by atoms with E-state index in [2.05, 4.69) is 25.9 Å². The van der Waals surface area contributed by atoms with Gasteiger partial charge in [-0.25, -0.2) is 4.83 Å². The molecule has 6 nitrogen and oxygen atoms in total. The molecule has 3 aromatic rings. The Hall–Kier alpha value is -2.55. The Balaban J connectivity index is 1.75. The molecule has 0 aliphatic carbocycles. The molecule has 0 heterocycles. The smallest absolute Gasteiger partial charge is 0.276 e. The van der Waals surface area contributed by atoms with E-state index in [4.69, 9.17) is 21.1 Å². The summed E-state index contributed by atoms with van der Waals surface area (Å²) >= 11 is 9.63. The predicted molar refractivity (Wildman–Crippen MR) is 121 cm³/mol. The molecule has 0 amide bonds. The van der Waals surface area contributed by atoms with Crippen LogP contribution in [0.4, 0.5) is 0 Å². The molecule has 0 radical (unpaired) electrons.